The molecule has 2 aliphatic heterocycles. The maximum Gasteiger partial charge on any atom is 0.251 e. The fourth-order valence-corrected chi connectivity index (χ4v) is 8.80. The highest BCUT2D eigenvalue weighted by molar-refractivity contribution is 6.95. The zero-order chi connectivity index (χ0) is 34.2. The highest BCUT2D eigenvalue weighted by Crippen LogP contribution is 2.47. The molecule has 0 unspecified atom stereocenters. The number of anilines is 5. The first-order valence-corrected chi connectivity index (χ1v) is 18.2. The van der Waals surface area contributed by atoms with Crippen molar-refractivity contribution in [3.05, 3.63) is 187 Å². The molecule has 3 heterocycles. The van der Waals surface area contributed by atoms with E-state index in [2.05, 4.69) is 186 Å². The topological polar surface area (TPSA) is 19.6 Å². The molecule has 1 aromatic heterocycles. The van der Waals surface area contributed by atoms with Crippen LogP contribution in [0.2, 0.25) is 0 Å². The van der Waals surface area contributed by atoms with E-state index in [1.54, 1.807) is 0 Å². The molecule has 0 N–H and O–H groups in total. The Kier molecular flexibility index (Phi) is 6.47. The summed E-state index contributed by atoms with van der Waals surface area (Å²) in [5.74, 6) is 0. The fraction of sp³-hybridized carbons (Fsp3) is 0.0417. The van der Waals surface area contributed by atoms with Crippen molar-refractivity contribution in [2.24, 2.45) is 0 Å². The second-order valence-corrected chi connectivity index (χ2v) is 14.0. The van der Waals surface area contributed by atoms with Crippen LogP contribution in [-0.2, 0) is 0 Å². The SMILES string of the molecule is C1=CC2=C(CC1)N(c1ccc(-c3ccccc3)cc1)c1cccc3c1B2c1cc2c(cc1N3c1ccc(-c3ccccc3)cc1)oc1ccccc12. The van der Waals surface area contributed by atoms with Crippen LogP contribution in [0.25, 0.3) is 44.2 Å². The van der Waals surface area contributed by atoms with Gasteiger partial charge in [-0.05, 0) is 94.0 Å². The third-order valence-corrected chi connectivity index (χ3v) is 11.1. The Labute approximate surface area is 303 Å². The molecule has 0 saturated heterocycles. The zero-order valence-corrected chi connectivity index (χ0v) is 28.5. The van der Waals surface area contributed by atoms with Crippen LogP contribution in [-0.4, -0.2) is 6.71 Å². The van der Waals surface area contributed by atoms with E-state index >= 15 is 0 Å². The summed E-state index contributed by atoms with van der Waals surface area (Å²) in [6, 6.07) is 59.4. The van der Waals surface area contributed by atoms with Gasteiger partial charge in [0.2, 0.25) is 0 Å². The maximum atomic E-state index is 6.54. The molecule has 52 heavy (non-hydrogen) atoms. The van der Waals surface area contributed by atoms with Crippen molar-refractivity contribution >= 4 is 68.0 Å². The Morgan fingerprint density at radius 2 is 1.08 bits per heavy atom. The molecule has 8 aromatic rings. The molecule has 0 atom stereocenters. The number of benzene rings is 7. The number of nitrogens with zero attached hydrogens (tertiary/aromatic N) is 2. The number of para-hydroxylation sites is 1. The quantitative estimate of drug-likeness (QED) is 0.175. The van der Waals surface area contributed by atoms with Crippen molar-refractivity contribution < 1.29 is 4.42 Å². The number of fused-ring (bicyclic) bond motifs is 6. The van der Waals surface area contributed by atoms with E-state index < -0.39 is 0 Å². The van der Waals surface area contributed by atoms with E-state index in [9.17, 15) is 0 Å². The summed E-state index contributed by atoms with van der Waals surface area (Å²) in [6.45, 7) is 0.0884. The van der Waals surface area contributed by atoms with E-state index in [4.69, 9.17) is 4.42 Å². The molecule has 7 aromatic carbocycles. The number of allylic oxidation sites excluding steroid dienone is 4. The smallest absolute Gasteiger partial charge is 0.251 e. The van der Waals surface area contributed by atoms with Gasteiger partial charge in [-0.15, -0.1) is 0 Å². The Bertz CT molecular complexity index is 2730. The second-order valence-electron chi connectivity index (χ2n) is 14.0. The van der Waals surface area contributed by atoms with Crippen LogP contribution in [0.15, 0.2) is 192 Å². The minimum atomic E-state index is 0.0884. The Hall–Kier alpha value is -6.52. The molecule has 0 saturated carbocycles. The third kappa shape index (κ3) is 4.40. The van der Waals surface area contributed by atoms with E-state index in [0.717, 1.165) is 40.5 Å². The Morgan fingerprint density at radius 3 is 1.77 bits per heavy atom. The van der Waals surface area contributed by atoms with Crippen LogP contribution in [0.5, 0.6) is 0 Å². The van der Waals surface area contributed by atoms with Crippen LogP contribution in [0.4, 0.5) is 28.4 Å². The van der Waals surface area contributed by atoms with Gasteiger partial charge in [-0.3, -0.25) is 0 Å². The number of rotatable bonds is 4. The molecule has 11 rings (SSSR count). The van der Waals surface area contributed by atoms with Crippen molar-refractivity contribution in [1.29, 1.82) is 0 Å². The van der Waals surface area contributed by atoms with Gasteiger partial charge in [0.15, 0.2) is 0 Å². The molecule has 1 aliphatic carbocycles. The molecule has 0 radical (unpaired) electrons. The van der Waals surface area contributed by atoms with Gasteiger partial charge < -0.3 is 14.2 Å². The van der Waals surface area contributed by atoms with Crippen molar-refractivity contribution in [2.45, 2.75) is 12.8 Å². The number of hydrogen-bond donors (Lipinski definition) is 0. The first-order chi connectivity index (χ1) is 25.8. The minimum Gasteiger partial charge on any atom is -0.456 e. The van der Waals surface area contributed by atoms with Gasteiger partial charge in [0.25, 0.3) is 6.71 Å². The average Bonchev–Trinajstić information content (AvgIpc) is 3.58. The molecule has 244 valence electrons. The van der Waals surface area contributed by atoms with E-state index in [1.807, 2.05) is 0 Å². The number of furan rings is 1. The molecule has 4 heteroatoms. The van der Waals surface area contributed by atoms with Crippen LogP contribution in [0, 0.1) is 0 Å². The van der Waals surface area contributed by atoms with Gasteiger partial charge in [0.05, 0.1) is 0 Å². The van der Waals surface area contributed by atoms with Crippen LogP contribution in [0.3, 0.4) is 0 Å². The summed E-state index contributed by atoms with van der Waals surface area (Å²) in [5.41, 5.74) is 18.1. The maximum absolute atomic E-state index is 6.54. The van der Waals surface area contributed by atoms with Gasteiger partial charge >= 0.3 is 0 Å². The molecule has 0 amide bonds. The lowest BCUT2D eigenvalue weighted by atomic mass is 9.32. The molecule has 0 spiro atoms. The molecule has 0 fully saturated rings. The van der Waals surface area contributed by atoms with Crippen molar-refractivity contribution in [1.82, 2.24) is 0 Å². The van der Waals surface area contributed by atoms with Crippen LogP contribution < -0.4 is 20.7 Å². The summed E-state index contributed by atoms with van der Waals surface area (Å²) in [4.78, 5) is 5.00. The summed E-state index contributed by atoms with van der Waals surface area (Å²) in [6.07, 6.45) is 6.78. The van der Waals surface area contributed by atoms with Crippen LogP contribution >= 0.6 is 0 Å². The van der Waals surface area contributed by atoms with E-state index in [-0.39, 0.29) is 6.71 Å². The molecule has 0 bridgehead atoms. The van der Waals surface area contributed by atoms with Gasteiger partial charge in [-0.2, -0.15) is 0 Å². The average molecular weight is 665 g/mol. The normalized spacial score (nSPS) is 14.5. The predicted molar refractivity (Wildman–Crippen MR) is 218 cm³/mol. The molecule has 3 nitrogen and oxygen atoms in total. The first-order valence-electron chi connectivity index (χ1n) is 18.2. The second kappa shape index (κ2) is 11.5. The fourth-order valence-electron chi connectivity index (χ4n) is 8.80. The Balaban J connectivity index is 1.15. The highest BCUT2D eigenvalue weighted by atomic mass is 16.3. The zero-order valence-electron chi connectivity index (χ0n) is 28.5. The van der Waals surface area contributed by atoms with Crippen LogP contribution in [0.1, 0.15) is 12.8 Å². The Morgan fingerprint density at radius 1 is 0.481 bits per heavy atom. The predicted octanol–water partition coefficient (Wildman–Crippen LogP) is 11.6. The first kappa shape index (κ1) is 29.2. The van der Waals surface area contributed by atoms with E-state index in [1.165, 1.54) is 67.1 Å². The molecular formula is C48H33BN2O. The monoisotopic (exact) mass is 664 g/mol. The number of hydrogen-bond acceptors (Lipinski definition) is 3. The lowest BCUT2D eigenvalue weighted by molar-refractivity contribution is 0.669. The molecular weight excluding hydrogens is 631 g/mol. The third-order valence-electron chi connectivity index (χ3n) is 11.1. The summed E-state index contributed by atoms with van der Waals surface area (Å²) < 4.78 is 6.54. The van der Waals surface area contributed by atoms with Crippen molar-refractivity contribution in [3.63, 3.8) is 0 Å². The molecule has 3 aliphatic rings. The summed E-state index contributed by atoms with van der Waals surface area (Å²) in [7, 11) is 0. The lowest BCUT2D eigenvalue weighted by Gasteiger charge is -2.45. The minimum absolute atomic E-state index is 0.0884. The van der Waals surface area contributed by atoms with Gasteiger partial charge in [0.1, 0.15) is 11.2 Å². The largest absolute Gasteiger partial charge is 0.456 e. The summed E-state index contributed by atoms with van der Waals surface area (Å²) in [5, 5.41) is 2.32. The van der Waals surface area contributed by atoms with Gasteiger partial charge in [0, 0.05) is 51.0 Å². The standard InChI is InChI=1S/C48H33BN2O/c1-3-12-32(13-4-1)34-22-26-36(27-23-34)50-42-18-9-8-17-40(42)49-41-30-39-38-16-7-10-21-46(38)52-47(39)31-45(41)51(44-20-11-19-43(50)48(44)49)37-28-24-35(25-29-37)33-14-5-2-6-15-33/h1-8,10-17,19-31H,9,18H2. The van der Waals surface area contributed by atoms with Gasteiger partial charge in [-0.1, -0.05) is 127 Å². The van der Waals surface area contributed by atoms with Crippen molar-refractivity contribution in [2.75, 3.05) is 9.80 Å². The lowest BCUT2D eigenvalue weighted by Crippen LogP contribution is -2.56. The summed E-state index contributed by atoms with van der Waals surface area (Å²) >= 11 is 0. The van der Waals surface area contributed by atoms with Gasteiger partial charge in [-0.25, -0.2) is 0 Å². The highest BCUT2D eigenvalue weighted by Gasteiger charge is 2.44. The van der Waals surface area contributed by atoms with E-state index in [0.29, 0.717) is 0 Å². The van der Waals surface area contributed by atoms with Crippen molar-refractivity contribution in [3.8, 4) is 22.3 Å².